The fourth-order valence-electron chi connectivity index (χ4n) is 1.88. The summed E-state index contributed by atoms with van der Waals surface area (Å²) < 4.78 is 5.70. The fourth-order valence-corrected chi connectivity index (χ4v) is 1.88. The molecule has 0 spiro atoms. The van der Waals surface area contributed by atoms with Gasteiger partial charge in [-0.25, -0.2) is 0 Å². The molecule has 1 aliphatic rings. The number of rotatable bonds is 0. The Kier molecular flexibility index (Phi) is 1.63. The fraction of sp³-hybridized carbons (Fsp3) is 1.00. The van der Waals surface area contributed by atoms with E-state index in [1.165, 1.54) is 0 Å². The van der Waals surface area contributed by atoms with Gasteiger partial charge in [0.15, 0.2) is 0 Å². The second kappa shape index (κ2) is 1.99. The smallest absolute Gasteiger partial charge is 0.0930 e. The standard InChI is InChI=1S/C9H18O2/c1-7(2)6-9(5,10)8(3,4)11-7/h10H,6H2,1-5H3/t9-/m0/s1. The molecule has 0 unspecified atom stereocenters. The van der Waals surface area contributed by atoms with Crippen LogP contribution in [-0.4, -0.2) is 21.9 Å². The summed E-state index contributed by atoms with van der Waals surface area (Å²) in [4.78, 5) is 0. The predicted molar refractivity (Wildman–Crippen MR) is 44.5 cm³/mol. The van der Waals surface area contributed by atoms with Crippen LogP contribution in [0.1, 0.15) is 41.0 Å². The third-order valence-electron chi connectivity index (χ3n) is 2.60. The lowest BCUT2D eigenvalue weighted by atomic mass is 9.84. The Labute approximate surface area is 68.6 Å². The van der Waals surface area contributed by atoms with Gasteiger partial charge in [0.1, 0.15) is 0 Å². The summed E-state index contributed by atoms with van der Waals surface area (Å²) in [6, 6.07) is 0. The second-order valence-corrected chi connectivity index (χ2v) is 4.82. The van der Waals surface area contributed by atoms with Crippen molar-refractivity contribution in [2.24, 2.45) is 0 Å². The van der Waals surface area contributed by atoms with Crippen molar-refractivity contribution in [3.63, 3.8) is 0 Å². The van der Waals surface area contributed by atoms with Crippen LogP contribution in [0, 0.1) is 0 Å². The highest BCUT2D eigenvalue weighted by atomic mass is 16.5. The van der Waals surface area contributed by atoms with Gasteiger partial charge in [-0.2, -0.15) is 0 Å². The molecule has 1 heterocycles. The molecular formula is C9H18O2. The lowest BCUT2D eigenvalue weighted by molar-refractivity contribution is -0.119. The second-order valence-electron chi connectivity index (χ2n) is 4.82. The Bertz CT molecular complexity index is 150. The highest BCUT2D eigenvalue weighted by Gasteiger charge is 2.53. The van der Waals surface area contributed by atoms with E-state index >= 15 is 0 Å². The molecule has 0 aromatic heterocycles. The number of aliphatic hydroxyl groups is 1. The average Bonchev–Trinajstić information content (AvgIpc) is 1.66. The van der Waals surface area contributed by atoms with Crippen LogP contribution >= 0.6 is 0 Å². The molecule has 0 aliphatic carbocycles. The first-order valence-electron chi connectivity index (χ1n) is 4.09. The topological polar surface area (TPSA) is 29.5 Å². The first kappa shape index (κ1) is 9.01. The molecule has 1 rings (SSSR count). The monoisotopic (exact) mass is 158 g/mol. The zero-order valence-electron chi connectivity index (χ0n) is 8.06. The molecule has 1 N–H and O–H groups in total. The van der Waals surface area contributed by atoms with Crippen LogP contribution in [0.3, 0.4) is 0 Å². The minimum atomic E-state index is -0.698. The van der Waals surface area contributed by atoms with Crippen LogP contribution in [-0.2, 0) is 4.74 Å². The average molecular weight is 158 g/mol. The van der Waals surface area contributed by atoms with Crippen molar-refractivity contribution in [1.29, 1.82) is 0 Å². The lowest BCUT2D eigenvalue weighted by Crippen LogP contribution is -2.43. The third kappa shape index (κ3) is 1.42. The molecule has 1 saturated heterocycles. The molecule has 0 bridgehead atoms. The highest BCUT2D eigenvalue weighted by Crippen LogP contribution is 2.44. The van der Waals surface area contributed by atoms with Gasteiger partial charge in [0.2, 0.25) is 0 Å². The molecule has 0 aromatic carbocycles. The van der Waals surface area contributed by atoms with E-state index in [9.17, 15) is 5.11 Å². The van der Waals surface area contributed by atoms with Crippen molar-refractivity contribution in [1.82, 2.24) is 0 Å². The molecular weight excluding hydrogens is 140 g/mol. The van der Waals surface area contributed by atoms with Gasteiger partial charge in [-0.3, -0.25) is 0 Å². The van der Waals surface area contributed by atoms with Gasteiger partial charge in [-0.05, 0) is 34.6 Å². The highest BCUT2D eigenvalue weighted by molar-refractivity contribution is 5.03. The van der Waals surface area contributed by atoms with E-state index in [-0.39, 0.29) is 5.60 Å². The van der Waals surface area contributed by atoms with Crippen molar-refractivity contribution in [3.8, 4) is 0 Å². The summed E-state index contributed by atoms with van der Waals surface area (Å²) in [5.74, 6) is 0. The summed E-state index contributed by atoms with van der Waals surface area (Å²) in [5, 5.41) is 9.93. The van der Waals surface area contributed by atoms with Crippen molar-refractivity contribution >= 4 is 0 Å². The van der Waals surface area contributed by atoms with Crippen LogP contribution < -0.4 is 0 Å². The lowest BCUT2D eigenvalue weighted by Gasteiger charge is -2.31. The van der Waals surface area contributed by atoms with E-state index in [1.54, 1.807) is 0 Å². The van der Waals surface area contributed by atoms with Gasteiger partial charge in [-0.1, -0.05) is 0 Å². The minimum Gasteiger partial charge on any atom is -0.387 e. The van der Waals surface area contributed by atoms with Gasteiger partial charge < -0.3 is 9.84 Å². The summed E-state index contributed by atoms with van der Waals surface area (Å²) in [5.41, 5.74) is -1.31. The molecule has 0 aromatic rings. The van der Waals surface area contributed by atoms with E-state index in [2.05, 4.69) is 0 Å². The van der Waals surface area contributed by atoms with Crippen molar-refractivity contribution in [2.75, 3.05) is 0 Å². The normalized spacial score (nSPS) is 40.9. The quantitative estimate of drug-likeness (QED) is 0.581. The maximum atomic E-state index is 9.93. The SMILES string of the molecule is CC1(C)C[C@](C)(O)C(C)(C)O1. The molecule has 1 fully saturated rings. The number of hydrogen-bond acceptors (Lipinski definition) is 2. The van der Waals surface area contributed by atoms with Crippen molar-refractivity contribution < 1.29 is 9.84 Å². The Morgan fingerprint density at radius 3 is 1.64 bits per heavy atom. The van der Waals surface area contributed by atoms with Gasteiger partial charge in [0, 0.05) is 6.42 Å². The van der Waals surface area contributed by atoms with Gasteiger partial charge in [0.05, 0.1) is 16.8 Å². The first-order chi connectivity index (χ1) is 4.66. The maximum absolute atomic E-state index is 9.93. The molecule has 1 aliphatic heterocycles. The van der Waals surface area contributed by atoms with Crippen LogP contribution in [0.5, 0.6) is 0 Å². The zero-order valence-corrected chi connectivity index (χ0v) is 8.06. The van der Waals surface area contributed by atoms with Gasteiger partial charge in [0.25, 0.3) is 0 Å². The number of hydrogen-bond donors (Lipinski definition) is 1. The van der Waals surface area contributed by atoms with E-state index in [0.29, 0.717) is 6.42 Å². The van der Waals surface area contributed by atoms with Crippen LogP contribution in [0.15, 0.2) is 0 Å². The Hall–Kier alpha value is -0.0800. The van der Waals surface area contributed by atoms with Crippen molar-refractivity contribution in [3.05, 3.63) is 0 Å². The summed E-state index contributed by atoms with van der Waals surface area (Å²) >= 11 is 0. The van der Waals surface area contributed by atoms with E-state index in [4.69, 9.17) is 4.74 Å². The molecule has 2 nitrogen and oxygen atoms in total. The van der Waals surface area contributed by atoms with E-state index < -0.39 is 11.2 Å². The molecule has 1 atom stereocenters. The van der Waals surface area contributed by atoms with Gasteiger partial charge in [-0.15, -0.1) is 0 Å². The van der Waals surface area contributed by atoms with Crippen LogP contribution in [0.25, 0.3) is 0 Å². The molecule has 0 amide bonds. The number of ether oxygens (including phenoxy) is 1. The molecule has 0 saturated carbocycles. The molecule has 0 radical (unpaired) electrons. The maximum Gasteiger partial charge on any atom is 0.0930 e. The molecule has 66 valence electrons. The zero-order chi connectivity index (χ0) is 8.91. The largest absolute Gasteiger partial charge is 0.387 e. The van der Waals surface area contributed by atoms with Crippen LogP contribution in [0.4, 0.5) is 0 Å². The Morgan fingerprint density at radius 1 is 1.09 bits per heavy atom. The Balaban J connectivity index is 2.89. The third-order valence-corrected chi connectivity index (χ3v) is 2.60. The predicted octanol–water partition coefficient (Wildman–Crippen LogP) is 1.71. The van der Waals surface area contributed by atoms with E-state index in [1.807, 2.05) is 34.6 Å². The van der Waals surface area contributed by atoms with Gasteiger partial charge >= 0.3 is 0 Å². The Morgan fingerprint density at radius 2 is 1.55 bits per heavy atom. The van der Waals surface area contributed by atoms with Crippen LogP contribution in [0.2, 0.25) is 0 Å². The first-order valence-corrected chi connectivity index (χ1v) is 4.09. The summed E-state index contributed by atoms with van der Waals surface area (Å²) in [6.45, 7) is 9.72. The molecule has 2 heteroatoms. The molecule has 11 heavy (non-hydrogen) atoms. The van der Waals surface area contributed by atoms with E-state index in [0.717, 1.165) is 0 Å². The van der Waals surface area contributed by atoms with Crippen molar-refractivity contribution in [2.45, 2.75) is 57.8 Å². The summed E-state index contributed by atoms with van der Waals surface area (Å²) in [7, 11) is 0. The minimum absolute atomic E-state index is 0.188. The summed E-state index contributed by atoms with van der Waals surface area (Å²) in [6.07, 6.45) is 0.701.